The Hall–Kier alpha value is -1.61. The van der Waals surface area contributed by atoms with Crippen LogP contribution in [-0.4, -0.2) is 4.98 Å². The summed E-state index contributed by atoms with van der Waals surface area (Å²) in [5.74, 6) is 0. The van der Waals surface area contributed by atoms with Crippen LogP contribution < -0.4 is 11.0 Å². The quantitative estimate of drug-likeness (QED) is 0.713. The van der Waals surface area contributed by atoms with Gasteiger partial charge in [-0.15, -0.1) is 0 Å². The lowest BCUT2D eigenvalue weighted by atomic mass is 10.2. The zero-order valence-electron chi connectivity index (χ0n) is 7.08. The first-order chi connectivity index (χ1) is 6.68. The van der Waals surface area contributed by atoms with Crippen LogP contribution in [0.4, 0.5) is 0 Å². The van der Waals surface area contributed by atoms with E-state index in [1.807, 2.05) is 0 Å². The topological polar surface area (TPSA) is 49.9 Å². The van der Waals surface area contributed by atoms with Crippen molar-refractivity contribution >= 4 is 22.5 Å². The van der Waals surface area contributed by atoms with Crippen LogP contribution in [0.1, 0.15) is 0 Å². The smallest absolute Gasteiger partial charge is 0.267 e. The van der Waals surface area contributed by atoms with E-state index in [0.29, 0.717) is 10.9 Å². The maximum Gasteiger partial charge on any atom is 0.267 e. The molecule has 0 saturated carbocycles. The van der Waals surface area contributed by atoms with Crippen LogP contribution >= 0.6 is 11.6 Å². The van der Waals surface area contributed by atoms with Crippen LogP contribution in [0.2, 0.25) is 5.02 Å². The molecule has 0 radical (unpaired) electrons. The normalized spacial score (nSPS) is 10.4. The van der Waals surface area contributed by atoms with Gasteiger partial charge in [0.2, 0.25) is 0 Å². The summed E-state index contributed by atoms with van der Waals surface area (Å²) in [5, 5.41) is 0.364. The highest BCUT2D eigenvalue weighted by Crippen LogP contribution is 2.04. The Morgan fingerprint density at radius 3 is 2.64 bits per heavy atom. The van der Waals surface area contributed by atoms with Crippen molar-refractivity contribution in [3.63, 3.8) is 0 Å². The van der Waals surface area contributed by atoms with Gasteiger partial charge in [0.15, 0.2) is 5.43 Å². The van der Waals surface area contributed by atoms with Gasteiger partial charge in [-0.25, -0.2) is 0 Å². The molecule has 0 unspecified atom stereocenters. The minimum absolute atomic E-state index is 0.0915. The highest BCUT2D eigenvalue weighted by molar-refractivity contribution is 6.30. The van der Waals surface area contributed by atoms with E-state index in [2.05, 4.69) is 4.98 Å². The number of hydrogen-bond acceptors (Lipinski definition) is 2. The third kappa shape index (κ3) is 1.42. The van der Waals surface area contributed by atoms with Gasteiger partial charge in [0, 0.05) is 11.5 Å². The molecular formula is C10H6ClNO2. The molecule has 0 bridgehead atoms. The fourth-order valence-corrected chi connectivity index (χ4v) is 1.39. The minimum atomic E-state index is -0.454. The van der Waals surface area contributed by atoms with Crippen molar-refractivity contribution in [2.24, 2.45) is 0 Å². The van der Waals surface area contributed by atoms with Gasteiger partial charge in [0.1, 0.15) is 5.02 Å². The number of nitrogens with one attached hydrogen (secondary N) is 1. The van der Waals surface area contributed by atoms with Crippen LogP contribution in [0.15, 0.2) is 39.9 Å². The lowest BCUT2D eigenvalue weighted by Crippen LogP contribution is -2.01. The average molecular weight is 208 g/mol. The molecule has 0 spiro atoms. The summed E-state index contributed by atoms with van der Waals surface area (Å²) < 4.78 is 0. The summed E-state index contributed by atoms with van der Waals surface area (Å²) in [4.78, 5) is 25.3. The Kier molecular flexibility index (Phi) is 2.09. The van der Waals surface area contributed by atoms with Gasteiger partial charge in [-0.2, -0.15) is 0 Å². The zero-order valence-corrected chi connectivity index (χ0v) is 7.84. The standard InChI is InChI=1S/C10H6ClNO2/c11-7-5-9(13)6-3-1-2-4-8(6)12-10(7)14/h1-5H,(H,12,14). The number of para-hydroxylation sites is 1. The van der Waals surface area contributed by atoms with Crippen molar-refractivity contribution in [1.82, 2.24) is 4.98 Å². The van der Waals surface area contributed by atoms with Gasteiger partial charge in [0.05, 0.1) is 5.52 Å². The monoisotopic (exact) mass is 207 g/mol. The molecule has 2 rings (SSSR count). The van der Waals surface area contributed by atoms with Crippen molar-refractivity contribution in [3.8, 4) is 0 Å². The Morgan fingerprint density at radius 1 is 1.14 bits per heavy atom. The third-order valence-corrected chi connectivity index (χ3v) is 2.20. The summed E-state index contributed by atoms with van der Waals surface area (Å²) in [6.45, 7) is 0. The predicted molar refractivity (Wildman–Crippen MR) is 55.8 cm³/mol. The SMILES string of the molecule is O=c1[nH]c2ccccc2c(=O)cc1Cl. The summed E-state index contributed by atoms with van der Waals surface area (Å²) in [7, 11) is 0. The minimum Gasteiger partial charge on any atom is -0.321 e. The summed E-state index contributed by atoms with van der Waals surface area (Å²) in [5.41, 5.74) is -0.219. The number of halogens is 1. The summed E-state index contributed by atoms with van der Waals surface area (Å²) >= 11 is 5.58. The van der Waals surface area contributed by atoms with Crippen molar-refractivity contribution in [2.45, 2.75) is 0 Å². The maximum atomic E-state index is 11.5. The molecular weight excluding hydrogens is 202 g/mol. The Balaban J connectivity index is 3.13. The van der Waals surface area contributed by atoms with Gasteiger partial charge in [-0.1, -0.05) is 23.7 Å². The van der Waals surface area contributed by atoms with Crippen molar-refractivity contribution < 1.29 is 0 Å². The molecule has 0 saturated heterocycles. The number of aromatic amines is 1. The van der Waals surface area contributed by atoms with Gasteiger partial charge in [-0.3, -0.25) is 9.59 Å². The van der Waals surface area contributed by atoms with E-state index in [1.165, 1.54) is 0 Å². The molecule has 1 aromatic heterocycles. The molecule has 70 valence electrons. The van der Waals surface area contributed by atoms with Crippen molar-refractivity contribution in [2.75, 3.05) is 0 Å². The molecule has 0 aliphatic heterocycles. The number of fused-ring (bicyclic) bond motifs is 1. The second kappa shape index (κ2) is 3.27. The van der Waals surface area contributed by atoms with Gasteiger partial charge < -0.3 is 4.98 Å². The largest absolute Gasteiger partial charge is 0.321 e. The number of aromatic nitrogens is 1. The molecule has 3 nitrogen and oxygen atoms in total. The van der Waals surface area contributed by atoms with Crippen LogP contribution in [0.3, 0.4) is 0 Å². The lowest BCUT2D eigenvalue weighted by molar-refractivity contribution is 1.33. The third-order valence-electron chi connectivity index (χ3n) is 1.92. The molecule has 4 heteroatoms. The Bertz CT molecular complexity index is 604. The molecule has 0 fully saturated rings. The first-order valence-electron chi connectivity index (χ1n) is 4.00. The summed E-state index contributed by atoms with van der Waals surface area (Å²) in [6.07, 6.45) is 0. The van der Waals surface area contributed by atoms with E-state index in [4.69, 9.17) is 11.6 Å². The molecule has 0 atom stereocenters. The van der Waals surface area contributed by atoms with E-state index < -0.39 is 5.56 Å². The van der Waals surface area contributed by atoms with Crippen LogP contribution in [0.25, 0.3) is 10.9 Å². The highest BCUT2D eigenvalue weighted by atomic mass is 35.5. The average Bonchev–Trinajstić information content (AvgIpc) is 2.27. The fourth-order valence-electron chi connectivity index (χ4n) is 1.25. The highest BCUT2D eigenvalue weighted by Gasteiger charge is 1.99. The van der Waals surface area contributed by atoms with Crippen molar-refractivity contribution in [3.05, 3.63) is 55.9 Å². The van der Waals surface area contributed by atoms with Crippen LogP contribution in [-0.2, 0) is 0 Å². The van der Waals surface area contributed by atoms with Gasteiger partial charge >= 0.3 is 0 Å². The molecule has 1 N–H and O–H groups in total. The van der Waals surface area contributed by atoms with E-state index >= 15 is 0 Å². The van der Waals surface area contributed by atoms with Crippen LogP contribution in [0, 0.1) is 0 Å². The Morgan fingerprint density at radius 2 is 1.86 bits per heavy atom. The van der Waals surface area contributed by atoms with Gasteiger partial charge in [0.25, 0.3) is 5.56 Å². The fraction of sp³-hybridized carbons (Fsp3) is 0. The predicted octanol–water partition coefficient (Wildman–Crippen LogP) is 1.54. The zero-order chi connectivity index (χ0) is 10.1. The van der Waals surface area contributed by atoms with Crippen LogP contribution in [0.5, 0.6) is 0 Å². The lowest BCUT2D eigenvalue weighted by Gasteiger charge is -1.87. The number of benzene rings is 1. The maximum absolute atomic E-state index is 11.5. The van der Waals surface area contributed by atoms with Crippen molar-refractivity contribution in [1.29, 1.82) is 0 Å². The molecule has 2 aromatic rings. The molecule has 14 heavy (non-hydrogen) atoms. The van der Waals surface area contributed by atoms with E-state index in [9.17, 15) is 9.59 Å². The van der Waals surface area contributed by atoms with E-state index in [-0.39, 0.29) is 10.5 Å². The number of H-pyrrole nitrogens is 1. The second-order valence-electron chi connectivity index (χ2n) is 2.86. The first kappa shape index (κ1) is 8.97. The number of hydrogen-bond donors (Lipinski definition) is 1. The molecule has 1 aromatic carbocycles. The molecule has 1 heterocycles. The molecule has 0 aliphatic rings. The van der Waals surface area contributed by atoms with E-state index in [0.717, 1.165) is 6.07 Å². The second-order valence-corrected chi connectivity index (χ2v) is 3.26. The molecule has 0 amide bonds. The summed E-state index contributed by atoms with van der Waals surface area (Å²) in [6, 6.07) is 7.91. The Labute approximate surface area is 84.0 Å². The molecule has 0 aliphatic carbocycles. The first-order valence-corrected chi connectivity index (χ1v) is 4.38. The van der Waals surface area contributed by atoms with E-state index in [1.54, 1.807) is 24.3 Å². The number of rotatable bonds is 0. The van der Waals surface area contributed by atoms with Gasteiger partial charge in [-0.05, 0) is 12.1 Å².